The summed E-state index contributed by atoms with van der Waals surface area (Å²) in [5.41, 5.74) is 3.82. The minimum Gasteiger partial charge on any atom is -0.334 e. The lowest BCUT2D eigenvalue weighted by Crippen LogP contribution is -1.84. The van der Waals surface area contributed by atoms with Gasteiger partial charge in [-0.2, -0.15) is 0 Å². The third kappa shape index (κ3) is 1.05. The third-order valence-corrected chi connectivity index (χ3v) is 2.80. The maximum atomic E-state index is 4.35. The monoisotopic (exact) mass is 172 g/mol. The second kappa shape index (κ2) is 2.34. The molecule has 2 aromatic rings. The number of imidazole rings is 1. The van der Waals surface area contributed by atoms with Crippen LogP contribution in [0.1, 0.15) is 24.3 Å². The van der Waals surface area contributed by atoms with Crippen LogP contribution in [-0.4, -0.2) is 9.55 Å². The molecule has 1 heterocycles. The van der Waals surface area contributed by atoms with Crippen LogP contribution in [0.5, 0.6) is 0 Å². The lowest BCUT2D eigenvalue weighted by Gasteiger charge is -1.98. The van der Waals surface area contributed by atoms with Crippen molar-refractivity contribution in [3.8, 4) is 0 Å². The molecular weight excluding hydrogens is 160 g/mol. The van der Waals surface area contributed by atoms with Crippen LogP contribution in [0.4, 0.5) is 0 Å². The molecule has 1 aliphatic rings. The van der Waals surface area contributed by atoms with Crippen molar-refractivity contribution in [2.45, 2.75) is 18.8 Å². The molecule has 0 saturated heterocycles. The van der Waals surface area contributed by atoms with Crippen LogP contribution in [0.3, 0.4) is 0 Å². The number of rotatable bonds is 1. The molecule has 2 nitrogen and oxygen atoms in total. The zero-order valence-corrected chi connectivity index (χ0v) is 7.70. The molecule has 13 heavy (non-hydrogen) atoms. The average molecular weight is 172 g/mol. The van der Waals surface area contributed by atoms with E-state index >= 15 is 0 Å². The molecule has 0 radical (unpaired) electrons. The van der Waals surface area contributed by atoms with Gasteiger partial charge in [-0.1, -0.05) is 6.07 Å². The standard InChI is InChI=1S/C11H12N2/c1-13-7-12-10-6-9(8-2-3-8)4-5-11(10)13/h4-8H,2-3H2,1H3. The van der Waals surface area contributed by atoms with Crippen molar-refractivity contribution in [2.75, 3.05) is 0 Å². The second-order valence-corrected chi connectivity index (χ2v) is 3.88. The van der Waals surface area contributed by atoms with E-state index < -0.39 is 0 Å². The molecule has 0 N–H and O–H groups in total. The van der Waals surface area contributed by atoms with Crippen molar-refractivity contribution in [2.24, 2.45) is 7.05 Å². The Morgan fingerprint density at radius 1 is 1.38 bits per heavy atom. The number of aromatic nitrogens is 2. The van der Waals surface area contributed by atoms with E-state index in [0.29, 0.717) is 0 Å². The van der Waals surface area contributed by atoms with Gasteiger partial charge in [0.1, 0.15) is 0 Å². The maximum absolute atomic E-state index is 4.35. The summed E-state index contributed by atoms with van der Waals surface area (Å²) in [7, 11) is 2.03. The van der Waals surface area contributed by atoms with E-state index in [2.05, 4.69) is 27.8 Å². The van der Waals surface area contributed by atoms with Crippen molar-refractivity contribution in [3.05, 3.63) is 30.1 Å². The number of nitrogens with zero attached hydrogens (tertiary/aromatic N) is 2. The van der Waals surface area contributed by atoms with Gasteiger partial charge in [0.05, 0.1) is 17.4 Å². The van der Waals surface area contributed by atoms with E-state index in [0.717, 1.165) is 11.4 Å². The molecular formula is C11H12N2. The SMILES string of the molecule is Cn1cnc2cc(C3CC3)ccc21. The summed E-state index contributed by atoms with van der Waals surface area (Å²) in [4.78, 5) is 4.35. The first kappa shape index (κ1) is 7.13. The van der Waals surface area contributed by atoms with Crippen LogP contribution >= 0.6 is 0 Å². The van der Waals surface area contributed by atoms with Gasteiger partial charge in [0, 0.05) is 7.05 Å². The van der Waals surface area contributed by atoms with Gasteiger partial charge in [0.15, 0.2) is 0 Å². The lowest BCUT2D eigenvalue weighted by molar-refractivity contribution is 0.947. The van der Waals surface area contributed by atoms with Gasteiger partial charge in [-0.15, -0.1) is 0 Å². The minimum absolute atomic E-state index is 0.825. The van der Waals surface area contributed by atoms with Gasteiger partial charge in [-0.25, -0.2) is 4.98 Å². The number of hydrogen-bond donors (Lipinski definition) is 0. The molecule has 1 aromatic heterocycles. The predicted molar refractivity (Wildman–Crippen MR) is 52.7 cm³/mol. The first-order valence-electron chi connectivity index (χ1n) is 4.75. The normalized spacial score (nSPS) is 16.7. The van der Waals surface area contributed by atoms with Gasteiger partial charge in [0.2, 0.25) is 0 Å². The number of hydrogen-bond acceptors (Lipinski definition) is 1. The highest BCUT2D eigenvalue weighted by Gasteiger charge is 2.23. The molecule has 3 rings (SSSR count). The summed E-state index contributed by atoms with van der Waals surface area (Å²) < 4.78 is 2.06. The van der Waals surface area contributed by atoms with Crippen molar-refractivity contribution in [1.82, 2.24) is 9.55 Å². The Morgan fingerprint density at radius 2 is 2.23 bits per heavy atom. The van der Waals surface area contributed by atoms with Gasteiger partial charge < -0.3 is 4.57 Å². The fraction of sp³-hybridized carbons (Fsp3) is 0.364. The highest BCUT2D eigenvalue weighted by molar-refractivity contribution is 5.76. The highest BCUT2D eigenvalue weighted by Crippen LogP contribution is 2.40. The Bertz CT molecular complexity index is 452. The first-order valence-corrected chi connectivity index (χ1v) is 4.75. The molecule has 0 amide bonds. The summed E-state index contributed by atoms with van der Waals surface area (Å²) >= 11 is 0. The molecule has 0 bridgehead atoms. The fourth-order valence-corrected chi connectivity index (χ4v) is 1.82. The molecule has 0 spiro atoms. The molecule has 0 atom stereocenters. The van der Waals surface area contributed by atoms with Gasteiger partial charge in [0.25, 0.3) is 0 Å². The Labute approximate surface area is 77.2 Å². The molecule has 0 unspecified atom stereocenters. The molecule has 0 aliphatic heterocycles. The zero-order valence-electron chi connectivity index (χ0n) is 7.70. The van der Waals surface area contributed by atoms with Crippen LogP contribution in [-0.2, 0) is 7.05 Å². The number of benzene rings is 1. The molecule has 1 aromatic carbocycles. The average Bonchev–Trinajstić information content (AvgIpc) is 2.93. The van der Waals surface area contributed by atoms with Crippen molar-refractivity contribution in [1.29, 1.82) is 0 Å². The Morgan fingerprint density at radius 3 is 3.00 bits per heavy atom. The maximum Gasteiger partial charge on any atom is 0.0955 e. The third-order valence-electron chi connectivity index (χ3n) is 2.80. The van der Waals surface area contributed by atoms with Gasteiger partial charge >= 0.3 is 0 Å². The van der Waals surface area contributed by atoms with Crippen molar-refractivity contribution < 1.29 is 0 Å². The minimum atomic E-state index is 0.825. The van der Waals surface area contributed by atoms with E-state index in [1.807, 2.05) is 13.4 Å². The van der Waals surface area contributed by atoms with Gasteiger partial charge in [-0.3, -0.25) is 0 Å². The molecule has 1 fully saturated rings. The molecule has 1 saturated carbocycles. The summed E-state index contributed by atoms with van der Waals surface area (Å²) in [5.74, 6) is 0.825. The summed E-state index contributed by atoms with van der Waals surface area (Å²) in [6.07, 6.45) is 4.60. The summed E-state index contributed by atoms with van der Waals surface area (Å²) in [6, 6.07) is 6.64. The largest absolute Gasteiger partial charge is 0.334 e. The van der Waals surface area contributed by atoms with E-state index in [-0.39, 0.29) is 0 Å². The zero-order chi connectivity index (χ0) is 8.84. The van der Waals surface area contributed by atoms with Crippen LogP contribution < -0.4 is 0 Å². The quantitative estimate of drug-likeness (QED) is 0.646. The van der Waals surface area contributed by atoms with E-state index in [9.17, 15) is 0 Å². The van der Waals surface area contributed by atoms with Gasteiger partial charge in [-0.05, 0) is 36.5 Å². The highest BCUT2D eigenvalue weighted by atomic mass is 15.0. The topological polar surface area (TPSA) is 17.8 Å². The Kier molecular flexibility index (Phi) is 1.29. The Hall–Kier alpha value is -1.31. The van der Waals surface area contributed by atoms with Crippen LogP contribution in [0.25, 0.3) is 11.0 Å². The molecule has 66 valence electrons. The van der Waals surface area contributed by atoms with Crippen LogP contribution in [0.15, 0.2) is 24.5 Å². The summed E-state index contributed by atoms with van der Waals surface area (Å²) in [6.45, 7) is 0. The smallest absolute Gasteiger partial charge is 0.0955 e. The van der Waals surface area contributed by atoms with Crippen molar-refractivity contribution in [3.63, 3.8) is 0 Å². The summed E-state index contributed by atoms with van der Waals surface area (Å²) in [5, 5.41) is 0. The van der Waals surface area contributed by atoms with Crippen LogP contribution in [0, 0.1) is 0 Å². The van der Waals surface area contributed by atoms with E-state index in [1.54, 1.807) is 0 Å². The molecule has 1 aliphatic carbocycles. The number of aryl methyl sites for hydroxylation is 1. The predicted octanol–water partition coefficient (Wildman–Crippen LogP) is 2.45. The second-order valence-electron chi connectivity index (χ2n) is 3.88. The lowest BCUT2D eigenvalue weighted by atomic mass is 10.1. The van der Waals surface area contributed by atoms with Crippen molar-refractivity contribution >= 4 is 11.0 Å². The number of fused-ring (bicyclic) bond motifs is 1. The molecule has 2 heteroatoms. The fourth-order valence-electron chi connectivity index (χ4n) is 1.82. The van der Waals surface area contributed by atoms with Crippen LogP contribution in [0.2, 0.25) is 0 Å². The van der Waals surface area contributed by atoms with E-state index in [4.69, 9.17) is 0 Å². The first-order chi connectivity index (χ1) is 6.34. The van der Waals surface area contributed by atoms with E-state index in [1.165, 1.54) is 23.9 Å². The Balaban J connectivity index is 2.21.